The number of halogens is 8. The van der Waals surface area contributed by atoms with Gasteiger partial charge in [0.2, 0.25) is 0 Å². The predicted octanol–water partition coefficient (Wildman–Crippen LogP) is 2.73. The van der Waals surface area contributed by atoms with Crippen molar-refractivity contribution < 1.29 is 54.6 Å². The average Bonchev–Trinajstić information content (AvgIpc) is 2.34. The maximum atomic E-state index is 13.0. The van der Waals surface area contributed by atoms with Gasteiger partial charge in [-0.05, 0) is 0 Å². The van der Waals surface area contributed by atoms with Crippen molar-refractivity contribution in [2.24, 2.45) is 0 Å². The van der Waals surface area contributed by atoms with Crippen molar-refractivity contribution in [1.82, 2.24) is 0 Å². The van der Waals surface area contributed by atoms with Crippen LogP contribution in [0.4, 0.5) is 35.1 Å². The number of rotatable bonds is 8. The van der Waals surface area contributed by atoms with Crippen LogP contribution in [0.15, 0.2) is 12.2 Å². The Hall–Kier alpha value is -1.88. The number of esters is 1. The van der Waals surface area contributed by atoms with Crippen LogP contribution in [0.1, 0.15) is 6.42 Å². The van der Waals surface area contributed by atoms with Crippen LogP contribution in [0.3, 0.4) is 0 Å². The fourth-order valence-electron chi connectivity index (χ4n) is 0.984. The fourth-order valence-corrected chi connectivity index (χ4v) is 0.984. The molecule has 0 aromatic heterocycles. The summed E-state index contributed by atoms with van der Waals surface area (Å²) in [6, 6.07) is 0. The summed E-state index contributed by atoms with van der Waals surface area (Å²) in [5.41, 5.74) is -0.938. The van der Waals surface area contributed by atoms with Gasteiger partial charge in [-0.15, -0.1) is 0 Å². The number of carboxylic acid groups (broad SMARTS) is 1. The van der Waals surface area contributed by atoms with Crippen LogP contribution >= 0.6 is 0 Å². The summed E-state index contributed by atoms with van der Waals surface area (Å²) in [6.45, 7) is 0.112. The lowest BCUT2D eigenvalue weighted by Crippen LogP contribution is -2.59. The van der Waals surface area contributed by atoms with E-state index in [1.54, 1.807) is 0 Å². The molecule has 0 bridgehead atoms. The molecule has 0 unspecified atom stereocenters. The van der Waals surface area contributed by atoms with Crippen LogP contribution in [0.2, 0.25) is 0 Å². The van der Waals surface area contributed by atoms with Crippen molar-refractivity contribution in [3.05, 3.63) is 12.2 Å². The minimum atomic E-state index is -6.51. The molecule has 0 aliphatic carbocycles. The summed E-state index contributed by atoms with van der Waals surface area (Å²) >= 11 is 0. The van der Waals surface area contributed by atoms with Gasteiger partial charge in [0.05, 0.1) is 6.42 Å². The second-order valence-corrected chi connectivity index (χ2v) is 3.95. The molecular weight excluding hydrogens is 336 g/mol. The molecule has 0 aromatic rings. The zero-order chi connectivity index (χ0) is 17.9. The Bertz CT molecular complexity index is 460. The molecule has 0 atom stereocenters. The first-order valence-electron chi connectivity index (χ1n) is 5.15. The second kappa shape index (κ2) is 6.48. The lowest BCUT2D eigenvalue weighted by Gasteiger charge is -2.31. The van der Waals surface area contributed by atoms with Gasteiger partial charge in [0.1, 0.15) is 0 Å². The van der Waals surface area contributed by atoms with Crippen molar-refractivity contribution in [3.8, 4) is 0 Å². The monoisotopic (exact) mass is 344 g/mol. The largest absolute Gasteiger partial charge is 0.481 e. The first-order chi connectivity index (χ1) is 9.66. The fraction of sp³-hybridized carbons (Fsp3) is 0.600. The van der Waals surface area contributed by atoms with E-state index in [0.717, 1.165) is 0 Å². The molecule has 0 aliphatic heterocycles. The Balaban J connectivity index is 5.01. The van der Waals surface area contributed by atoms with Crippen molar-refractivity contribution in [1.29, 1.82) is 0 Å². The standard InChI is InChI=1S/C10H8F8O4/c1-4(2-5(19)20)6(21)22-3-8(13,14)10(17,18)9(15,16)7(11)12/h7H,1-3H2,(H,19,20). The van der Waals surface area contributed by atoms with E-state index in [0.29, 0.717) is 0 Å². The molecule has 0 heterocycles. The van der Waals surface area contributed by atoms with Crippen LogP contribution in [0.5, 0.6) is 0 Å². The maximum Gasteiger partial charge on any atom is 0.381 e. The van der Waals surface area contributed by atoms with E-state index in [2.05, 4.69) is 11.3 Å². The summed E-state index contributed by atoms with van der Waals surface area (Å²) in [7, 11) is 0. The number of alkyl halides is 8. The number of carbonyl (C=O) groups excluding carboxylic acids is 1. The SMILES string of the molecule is C=C(CC(=O)O)C(=O)OCC(F)(F)C(F)(F)C(F)(F)C(F)F. The Morgan fingerprint density at radius 1 is 1.09 bits per heavy atom. The van der Waals surface area contributed by atoms with Gasteiger partial charge in [-0.2, -0.15) is 26.3 Å². The van der Waals surface area contributed by atoms with E-state index < -0.39 is 54.7 Å². The van der Waals surface area contributed by atoms with Gasteiger partial charge in [-0.25, -0.2) is 13.6 Å². The molecule has 22 heavy (non-hydrogen) atoms. The smallest absolute Gasteiger partial charge is 0.381 e. The third kappa shape index (κ3) is 4.07. The number of hydrogen-bond acceptors (Lipinski definition) is 3. The number of carbonyl (C=O) groups is 2. The summed E-state index contributed by atoms with van der Waals surface area (Å²) in [5.74, 6) is -22.2. The van der Waals surface area contributed by atoms with E-state index in [4.69, 9.17) is 5.11 Å². The number of aliphatic carboxylic acids is 1. The van der Waals surface area contributed by atoms with Crippen LogP contribution in [0.25, 0.3) is 0 Å². The highest BCUT2D eigenvalue weighted by molar-refractivity contribution is 5.92. The molecule has 0 spiro atoms. The summed E-state index contributed by atoms with van der Waals surface area (Å²) in [6.07, 6.45) is -6.18. The normalized spacial score (nSPS) is 13.1. The molecule has 0 aromatic carbocycles. The van der Waals surface area contributed by atoms with Gasteiger partial charge in [-0.1, -0.05) is 6.58 Å². The van der Waals surface area contributed by atoms with Crippen molar-refractivity contribution in [2.45, 2.75) is 30.6 Å². The quantitative estimate of drug-likeness (QED) is 0.418. The Morgan fingerprint density at radius 2 is 1.55 bits per heavy atom. The topological polar surface area (TPSA) is 63.6 Å². The van der Waals surface area contributed by atoms with E-state index in [1.807, 2.05) is 0 Å². The highest BCUT2D eigenvalue weighted by Gasteiger charge is 2.75. The molecule has 4 nitrogen and oxygen atoms in total. The van der Waals surface area contributed by atoms with Gasteiger partial charge in [0, 0.05) is 5.57 Å². The summed E-state index contributed by atoms with van der Waals surface area (Å²) in [5, 5.41) is 8.24. The molecule has 0 rings (SSSR count). The highest BCUT2D eigenvalue weighted by Crippen LogP contribution is 2.48. The third-order valence-electron chi connectivity index (χ3n) is 2.19. The molecule has 12 heteroatoms. The molecule has 1 N–H and O–H groups in total. The number of hydrogen-bond donors (Lipinski definition) is 1. The first kappa shape index (κ1) is 20.1. The lowest BCUT2D eigenvalue weighted by molar-refractivity contribution is -0.344. The predicted molar refractivity (Wildman–Crippen MR) is 53.2 cm³/mol. The van der Waals surface area contributed by atoms with Crippen LogP contribution in [0, 0.1) is 0 Å². The zero-order valence-corrected chi connectivity index (χ0v) is 10.4. The molecule has 0 amide bonds. The lowest BCUT2D eigenvalue weighted by atomic mass is 10.1. The summed E-state index contributed by atoms with van der Waals surface area (Å²) < 4.78 is 103. The Morgan fingerprint density at radius 3 is 1.91 bits per heavy atom. The van der Waals surface area contributed by atoms with Gasteiger partial charge < -0.3 is 9.84 Å². The minimum Gasteiger partial charge on any atom is -0.481 e. The van der Waals surface area contributed by atoms with Crippen LogP contribution in [-0.2, 0) is 14.3 Å². The Kier molecular flexibility index (Phi) is 5.93. The molecular formula is C10H8F8O4. The number of ether oxygens (including phenoxy) is 1. The van der Waals surface area contributed by atoms with E-state index >= 15 is 0 Å². The van der Waals surface area contributed by atoms with E-state index in [-0.39, 0.29) is 0 Å². The van der Waals surface area contributed by atoms with Crippen molar-refractivity contribution in [3.63, 3.8) is 0 Å². The van der Waals surface area contributed by atoms with Crippen molar-refractivity contribution in [2.75, 3.05) is 6.61 Å². The Labute approximate surface area is 117 Å². The molecule has 0 radical (unpaired) electrons. The third-order valence-corrected chi connectivity index (χ3v) is 2.19. The van der Waals surface area contributed by atoms with E-state index in [9.17, 15) is 44.7 Å². The van der Waals surface area contributed by atoms with E-state index in [1.165, 1.54) is 0 Å². The molecule has 0 saturated heterocycles. The summed E-state index contributed by atoms with van der Waals surface area (Å²) in [4.78, 5) is 21.1. The zero-order valence-electron chi connectivity index (χ0n) is 10.4. The van der Waals surface area contributed by atoms with Crippen molar-refractivity contribution >= 4 is 11.9 Å². The molecule has 0 fully saturated rings. The first-order valence-corrected chi connectivity index (χ1v) is 5.15. The van der Waals surface area contributed by atoms with Crippen LogP contribution < -0.4 is 0 Å². The maximum absolute atomic E-state index is 13.0. The second-order valence-electron chi connectivity index (χ2n) is 3.95. The highest BCUT2D eigenvalue weighted by atomic mass is 19.4. The molecule has 128 valence electrons. The molecule has 0 saturated carbocycles. The van der Waals surface area contributed by atoms with Crippen LogP contribution in [-0.4, -0.2) is 47.8 Å². The molecule has 0 aliphatic rings. The van der Waals surface area contributed by atoms with Gasteiger partial charge >= 0.3 is 36.1 Å². The van der Waals surface area contributed by atoms with Gasteiger partial charge in [0.15, 0.2) is 6.61 Å². The number of carboxylic acids is 1. The van der Waals surface area contributed by atoms with Gasteiger partial charge in [0.25, 0.3) is 0 Å². The average molecular weight is 344 g/mol. The van der Waals surface area contributed by atoms with Gasteiger partial charge in [-0.3, -0.25) is 4.79 Å². The minimum absolute atomic E-state index is 0.938.